The van der Waals surface area contributed by atoms with Crippen LogP contribution in [0.3, 0.4) is 0 Å². The predicted octanol–water partition coefficient (Wildman–Crippen LogP) is 3.18. The van der Waals surface area contributed by atoms with E-state index in [0.29, 0.717) is 44.8 Å². The normalized spacial score (nSPS) is 18.5. The SMILES string of the molecule is CN1CCN(CC(=O)NCCCCCOc2ccc(C(=O)N3CCC(N4C(=O)CCc5ccccc54)CC3)cc2)CC1. The molecule has 9 heteroatoms. The van der Waals surface area contributed by atoms with Crippen molar-refractivity contribution < 1.29 is 19.1 Å². The number of likely N-dealkylation sites (tertiary alicyclic amines) is 1. The largest absolute Gasteiger partial charge is 0.494 e. The molecule has 0 aromatic heterocycles. The number of nitrogens with zero attached hydrogens (tertiary/aromatic N) is 4. The maximum absolute atomic E-state index is 13.2. The molecule has 226 valence electrons. The summed E-state index contributed by atoms with van der Waals surface area (Å²) in [6.07, 6.45) is 5.75. The number of ether oxygens (including phenoxy) is 1. The molecule has 3 heterocycles. The van der Waals surface area contributed by atoms with Crippen molar-refractivity contribution in [2.75, 3.05) is 70.9 Å². The van der Waals surface area contributed by atoms with E-state index in [0.717, 1.165) is 76.1 Å². The summed E-state index contributed by atoms with van der Waals surface area (Å²) < 4.78 is 5.88. The van der Waals surface area contributed by atoms with E-state index < -0.39 is 0 Å². The topological polar surface area (TPSA) is 85.4 Å². The van der Waals surface area contributed by atoms with Crippen molar-refractivity contribution in [1.82, 2.24) is 20.0 Å². The summed E-state index contributed by atoms with van der Waals surface area (Å²) >= 11 is 0. The van der Waals surface area contributed by atoms with Gasteiger partial charge in [0.05, 0.1) is 13.2 Å². The molecule has 2 aromatic carbocycles. The number of para-hydroxylation sites is 1. The number of aryl methyl sites for hydroxylation is 1. The minimum Gasteiger partial charge on any atom is -0.494 e. The zero-order valence-corrected chi connectivity index (χ0v) is 24.9. The number of hydrogen-bond acceptors (Lipinski definition) is 6. The molecule has 9 nitrogen and oxygen atoms in total. The number of nitrogens with one attached hydrogen (secondary N) is 1. The monoisotopic (exact) mass is 575 g/mol. The molecule has 2 saturated heterocycles. The number of hydrogen-bond donors (Lipinski definition) is 1. The van der Waals surface area contributed by atoms with Gasteiger partial charge in [-0.25, -0.2) is 0 Å². The highest BCUT2D eigenvalue weighted by Gasteiger charge is 2.33. The van der Waals surface area contributed by atoms with Crippen molar-refractivity contribution in [2.24, 2.45) is 0 Å². The molecule has 0 saturated carbocycles. The van der Waals surface area contributed by atoms with Crippen molar-refractivity contribution in [3.8, 4) is 5.75 Å². The van der Waals surface area contributed by atoms with Gasteiger partial charge in [-0.15, -0.1) is 0 Å². The Morgan fingerprint density at radius 2 is 1.62 bits per heavy atom. The highest BCUT2D eigenvalue weighted by molar-refractivity contribution is 5.97. The summed E-state index contributed by atoms with van der Waals surface area (Å²) in [4.78, 5) is 46.5. The van der Waals surface area contributed by atoms with Gasteiger partial charge in [-0.3, -0.25) is 19.3 Å². The molecule has 5 rings (SSSR count). The number of unbranched alkanes of at least 4 members (excludes halogenated alkanes) is 2. The van der Waals surface area contributed by atoms with Crippen LogP contribution >= 0.6 is 0 Å². The summed E-state index contributed by atoms with van der Waals surface area (Å²) in [6.45, 7) is 7.02. The molecule has 3 amide bonds. The first-order chi connectivity index (χ1) is 20.5. The van der Waals surface area contributed by atoms with Gasteiger partial charge in [0, 0.05) is 69.5 Å². The molecule has 0 spiro atoms. The number of likely N-dealkylation sites (N-methyl/N-ethyl adjacent to an activating group) is 1. The van der Waals surface area contributed by atoms with E-state index in [4.69, 9.17) is 4.74 Å². The number of amides is 3. The number of fused-ring (bicyclic) bond motifs is 1. The average molecular weight is 576 g/mol. The van der Waals surface area contributed by atoms with Crippen LogP contribution in [-0.4, -0.2) is 104 Å². The molecular formula is C33H45N5O4. The van der Waals surface area contributed by atoms with Gasteiger partial charge in [0.2, 0.25) is 11.8 Å². The maximum atomic E-state index is 13.2. The fourth-order valence-corrected chi connectivity index (χ4v) is 6.14. The van der Waals surface area contributed by atoms with Gasteiger partial charge in [0.25, 0.3) is 5.91 Å². The van der Waals surface area contributed by atoms with Crippen LogP contribution in [0.1, 0.15) is 54.4 Å². The van der Waals surface area contributed by atoms with Gasteiger partial charge in [-0.2, -0.15) is 0 Å². The van der Waals surface area contributed by atoms with Crippen LogP contribution in [0, 0.1) is 0 Å². The Kier molecular flexibility index (Phi) is 10.5. The fraction of sp³-hybridized carbons (Fsp3) is 0.545. The molecular weight excluding hydrogens is 530 g/mol. The third kappa shape index (κ3) is 7.89. The first-order valence-corrected chi connectivity index (χ1v) is 15.6. The molecule has 42 heavy (non-hydrogen) atoms. The summed E-state index contributed by atoms with van der Waals surface area (Å²) in [5, 5.41) is 3.03. The van der Waals surface area contributed by atoms with Crippen LogP contribution in [0.25, 0.3) is 0 Å². The zero-order valence-electron chi connectivity index (χ0n) is 24.9. The second-order valence-electron chi connectivity index (χ2n) is 11.8. The van der Waals surface area contributed by atoms with E-state index in [9.17, 15) is 14.4 Å². The lowest BCUT2D eigenvalue weighted by molar-refractivity contribution is -0.122. The first-order valence-electron chi connectivity index (χ1n) is 15.6. The number of piperazine rings is 1. The fourth-order valence-electron chi connectivity index (χ4n) is 6.14. The van der Waals surface area contributed by atoms with Gasteiger partial charge in [-0.1, -0.05) is 18.2 Å². The second-order valence-corrected chi connectivity index (χ2v) is 11.8. The third-order valence-corrected chi connectivity index (χ3v) is 8.72. The van der Waals surface area contributed by atoms with Crippen molar-refractivity contribution in [3.05, 3.63) is 59.7 Å². The second kappa shape index (κ2) is 14.6. The Morgan fingerprint density at radius 1 is 0.881 bits per heavy atom. The van der Waals surface area contributed by atoms with Gasteiger partial charge < -0.3 is 24.8 Å². The third-order valence-electron chi connectivity index (χ3n) is 8.72. The lowest BCUT2D eigenvalue weighted by Gasteiger charge is -2.41. The predicted molar refractivity (Wildman–Crippen MR) is 164 cm³/mol. The van der Waals surface area contributed by atoms with Gasteiger partial charge in [-0.05, 0) is 81.5 Å². The summed E-state index contributed by atoms with van der Waals surface area (Å²) in [6, 6.07) is 15.7. The number of piperidine rings is 1. The minimum absolute atomic E-state index is 0.0278. The summed E-state index contributed by atoms with van der Waals surface area (Å²) in [5.41, 5.74) is 2.93. The average Bonchev–Trinajstić information content (AvgIpc) is 3.02. The maximum Gasteiger partial charge on any atom is 0.253 e. The minimum atomic E-state index is 0.0278. The Balaban J connectivity index is 0.969. The van der Waals surface area contributed by atoms with Gasteiger partial charge in [0.15, 0.2) is 0 Å². The lowest BCUT2D eigenvalue weighted by Crippen LogP contribution is -2.50. The summed E-state index contributed by atoms with van der Waals surface area (Å²) in [7, 11) is 2.11. The van der Waals surface area contributed by atoms with E-state index in [2.05, 4.69) is 28.2 Å². The molecule has 0 atom stereocenters. The van der Waals surface area contributed by atoms with E-state index in [1.807, 2.05) is 52.3 Å². The first kappa shape index (κ1) is 30.0. The quantitative estimate of drug-likeness (QED) is 0.415. The highest BCUT2D eigenvalue weighted by Crippen LogP contribution is 2.32. The molecule has 2 aromatic rings. The molecule has 0 aliphatic carbocycles. The van der Waals surface area contributed by atoms with E-state index in [1.54, 1.807) is 0 Å². The van der Waals surface area contributed by atoms with Crippen LogP contribution in [0.15, 0.2) is 48.5 Å². The Bertz CT molecular complexity index is 1200. The van der Waals surface area contributed by atoms with Crippen molar-refractivity contribution in [2.45, 2.75) is 51.0 Å². The number of rotatable bonds is 11. The lowest BCUT2D eigenvalue weighted by atomic mass is 9.95. The number of anilines is 1. The molecule has 2 fully saturated rings. The van der Waals surface area contributed by atoms with Crippen LogP contribution in [0.5, 0.6) is 5.75 Å². The standard InChI is InChI=1S/C33H45N5O4/c1-35-20-22-36(23-21-35)25-31(39)34-17-5-2-6-24-42-29-12-9-27(10-13-29)33(41)37-18-15-28(16-19-37)38-30-8-4-3-7-26(30)11-14-32(38)40/h3-4,7-10,12-13,28H,2,5-6,11,14-25H2,1H3,(H,34,39). The van der Waals surface area contributed by atoms with Crippen molar-refractivity contribution >= 4 is 23.4 Å². The van der Waals surface area contributed by atoms with Gasteiger partial charge >= 0.3 is 0 Å². The highest BCUT2D eigenvalue weighted by atomic mass is 16.5. The summed E-state index contributed by atoms with van der Waals surface area (Å²) in [5.74, 6) is 1.09. The van der Waals surface area contributed by atoms with Gasteiger partial charge in [0.1, 0.15) is 5.75 Å². The molecule has 0 bridgehead atoms. The van der Waals surface area contributed by atoms with E-state index in [1.165, 1.54) is 5.56 Å². The Morgan fingerprint density at radius 3 is 2.38 bits per heavy atom. The van der Waals surface area contributed by atoms with E-state index in [-0.39, 0.29) is 23.8 Å². The molecule has 3 aliphatic rings. The van der Waals surface area contributed by atoms with Crippen LogP contribution in [0.4, 0.5) is 5.69 Å². The zero-order chi connectivity index (χ0) is 29.3. The number of benzene rings is 2. The molecule has 0 unspecified atom stereocenters. The van der Waals surface area contributed by atoms with Crippen molar-refractivity contribution in [3.63, 3.8) is 0 Å². The van der Waals surface area contributed by atoms with Crippen LogP contribution in [-0.2, 0) is 16.0 Å². The molecule has 0 radical (unpaired) electrons. The number of carbonyl (C=O) groups is 3. The number of carbonyl (C=O) groups excluding carboxylic acids is 3. The molecule has 1 N–H and O–H groups in total. The van der Waals surface area contributed by atoms with Crippen LogP contribution in [0.2, 0.25) is 0 Å². The Labute approximate surface area is 249 Å². The van der Waals surface area contributed by atoms with Crippen LogP contribution < -0.4 is 15.0 Å². The Hall–Kier alpha value is -3.43. The smallest absolute Gasteiger partial charge is 0.253 e. The van der Waals surface area contributed by atoms with E-state index >= 15 is 0 Å². The van der Waals surface area contributed by atoms with Crippen molar-refractivity contribution in [1.29, 1.82) is 0 Å². The molecule has 3 aliphatic heterocycles.